The molecule has 1 aromatic carbocycles. The fourth-order valence-electron chi connectivity index (χ4n) is 2.59. The number of hydrogen-bond donors (Lipinski definition) is 1. The molecule has 2 rings (SSSR count). The third-order valence-corrected chi connectivity index (χ3v) is 3.96. The molecule has 0 atom stereocenters. The number of fused-ring (bicyclic) bond motifs is 1. The van der Waals surface area contributed by atoms with Crippen LogP contribution in [0.1, 0.15) is 45.0 Å². The van der Waals surface area contributed by atoms with Crippen LogP contribution in [0.2, 0.25) is 0 Å². The van der Waals surface area contributed by atoms with Crippen LogP contribution in [0.15, 0.2) is 18.2 Å². The molecule has 0 fully saturated rings. The highest BCUT2D eigenvalue weighted by Gasteiger charge is 2.41. The van der Waals surface area contributed by atoms with E-state index in [9.17, 15) is 4.79 Å². The van der Waals surface area contributed by atoms with Crippen molar-refractivity contribution in [3.05, 3.63) is 29.6 Å². The molecule has 0 aliphatic rings. The summed E-state index contributed by atoms with van der Waals surface area (Å²) in [5.74, 6) is 0.516. The molecule has 0 bridgehead atoms. The summed E-state index contributed by atoms with van der Waals surface area (Å²) >= 11 is 0. The van der Waals surface area contributed by atoms with Crippen molar-refractivity contribution in [1.29, 1.82) is 0 Å². The summed E-state index contributed by atoms with van der Waals surface area (Å²) in [6.07, 6.45) is 1.34. The van der Waals surface area contributed by atoms with Crippen molar-refractivity contribution in [2.45, 2.75) is 46.0 Å². The number of carbonyl (C=O) groups excluding carboxylic acids is 1. The van der Waals surface area contributed by atoms with Gasteiger partial charge in [-0.15, -0.1) is 0 Å². The van der Waals surface area contributed by atoms with Gasteiger partial charge in [0, 0.05) is 0 Å². The molecule has 4 heteroatoms. The zero-order chi connectivity index (χ0) is 14.8. The molecule has 20 heavy (non-hydrogen) atoms. The average molecular weight is 274 g/mol. The third kappa shape index (κ3) is 2.30. The molecule has 0 saturated heterocycles. The quantitative estimate of drug-likeness (QED) is 0.849. The first-order valence-corrected chi connectivity index (χ1v) is 7.21. The van der Waals surface area contributed by atoms with Gasteiger partial charge in [0.2, 0.25) is 0 Å². The number of H-pyrrole nitrogens is 1. The first-order valence-electron chi connectivity index (χ1n) is 7.21. The zero-order valence-electron chi connectivity index (χ0n) is 12.6. The first-order chi connectivity index (χ1) is 9.57. The van der Waals surface area contributed by atoms with Gasteiger partial charge < -0.3 is 9.72 Å². The number of aryl methyl sites for hydroxylation is 1. The van der Waals surface area contributed by atoms with E-state index in [0.29, 0.717) is 25.3 Å². The molecule has 0 amide bonds. The molecule has 1 N–H and O–H groups in total. The second-order valence-corrected chi connectivity index (χ2v) is 5.12. The van der Waals surface area contributed by atoms with E-state index < -0.39 is 5.41 Å². The van der Waals surface area contributed by atoms with Crippen molar-refractivity contribution in [1.82, 2.24) is 9.97 Å². The molecular formula is C16H22N2O2. The Kier molecular flexibility index (Phi) is 4.12. The van der Waals surface area contributed by atoms with Crippen LogP contribution in [0.3, 0.4) is 0 Å². The van der Waals surface area contributed by atoms with E-state index in [4.69, 9.17) is 4.74 Å². The minimum absolute atomic E-state index is 0.194. The second-order valence-electron chi connectivity index (χ2n) is 5.12. The minimum atomic E-state index is -0.678. The molecule has 0 unspecified atom stereocenters. The number of rotatable bonds is 5. The highest BCUT2D eigenvalue weighted by atomic mass is 16.5. The number of imidazole rings is 1. The number of nitrogens with zero attached hydrogens (tertiary/aromatic N) is 1. The molecule has 0 aliphatic carbocycles. The third-order valence-electron chi connectivity index (χ3n) is 3.96. The van der Waals surface area contributed by atoms with Crippen LogP contribution >= 0.6 is 0 Å². The maximum absolute atomic E-state index is 12.4. The molecule has 0 radical (unpaired) electrons. The number of nitrogens with one attached hydrogen (secondary N) is 1. The first kappa shape index (κ1) is 14.6. The van der Waals surface area contributed by atoms with Crippen molar-refractivity contribution in [2.24, 2.45) is 0 Å². The maximum atomic E-state index is 12.4. The topological polar surface area (TPSA) is 55.0 Å². The van der Waals surface area contributed by atoms with E-state index in [-0.39, 0.29) is 5.97 Å². The van der Waals surface area contributed by atoms with E-state index >= 15 is 0 Å². The summed E-state index contributed by atoms with van der Waals surface area (Å²) in [4.78, 5) is 20.3. The molecule has 0 saturated carbocycles. The van der Waals surface area contributed by atoms with Gasteiger partial charge in [-0.1, -0.05) is 19.9 Å². The van der Waals surface area contributed by atoms with Crippen LogP contribution in [0.4, 0.5) is 0 Å². The van der Waals surface area contributed by atoms with Crippen molar-refractivity contribution in [3.8, 4) is 0 Å². The number of benzene rings is 1. The summed E-state index contributed by atoms with van der Waals surface area (Å²) < 4.78 is 5.26. The van der Waals surface area contributed by atoms with Crippen molar-refractivity contribution >= 4 is 17.0 Å². The van der Waals surface area contributed by atoms with E-state index in [1.165, 1.54) is 5.56 Å². The Morgan fingerprint density at radius 2 is 2.00 bits per heavy atom. The Balaban J connectivity index is 2.53. The summed E-state index contributed by atoms with van der Waals surface area (Å²) in [6, 6.07) is 6.05. The molecule has 2 aromatic rings. The summed E-state index contributed by atoms with van der Waals surface area (Å²) in [5.41, 5.74) is 2.35. The Hall–Kier alpha value is -1.84. The Labute approximate surface area is 119 Å². The van der Waals surface area contributed by atoms with Gasteiger partial charge in [0.05, 0.1) is 17.6 Å². The van der Waals surface area contributed by atoms with Gasteiger partial charge in [-0.2, -0.15) is 0 Å². The predicted molar refractivity (Wildman–Crippen MR) is 79.7 cm³/mol. The van der Waals surface area contributed by atoms with Crippen molar-refractivity contribution in [3.63, 3.8) is 0 Å². The highest BCUT2D eigenvalue weighted by molar-refractivity contribution is 5.84. The largest absolute Gasteiger partial charge is 0.465 e. The second kappa shape index (κ2) is 5.65. The van der Waals surface area contributed by atoms with Gasteiger partial charge in [-0.3, -0.25) is 4.79 Å². The molecule has 0 aliphatic heterocycles. The van der Waals surface area contributed by atoms with Crippen LogP contribution in [-0.4, -0.2) is 22.5 Å². The summed E-state index contributed by atoms with van der Waals surface area (Å²) in [5, 5.41) is 0. The van der Waals surface area contributed by atoms with E-state index in [1.807, 2.05) is 45.9 Å². The smallest absolute Gasteiger partial charge is 0.319 e. The van der Waals surface area contributed by atoms with Crippen LogP contribution in [0.25, 0.3) is 11.0 Å². The number of aromatic amines is 1. The van der Waals surface area contributed by atoms with Gasteiger partial charge in [-0.05, 0) is 44.4 Å². The minimum Gasteiger partial charge on any atom is -0.465 e. The number of carbonyl (C=O) groups is 1. The predicted octanol–water partition coefficient (Wildman–Crippen LogP) is 3.49. The maximum Gasteiger partial charge on any atom is 0.319 e. The lowest BCUT2D eigenvalue weighted by atomic mass is 9.81. The fraction of sp³-hybridized carbons (Fsp3) is 0.500. The summed E-state index contributed by atoms with van der Waals surface area (Å²) in [6.45, 7) is 8.26. The van der Waals surface area contributed by atoms with Crippen LogP contribution < -0.4 is 0 Å². The Morgan fingerprint density at radius 1 is 1.30 bits per heavy atom. The van der Waals surface area contributed by atoms with E-state index in [0.717, 1.165) is 11.0 Å². The molecule has 1 heterocycles. The zero-order valence-corrected chi connectivity index (χ0v) is 12.6. The van der Waals surface area contributed by atoms with Gasteiger partial charge in [0.15, 0.2) is 0 Å². The van der Waals surface area contributed by atoms with Gasteiger partial charge in [0.25, 0.3) is 0 Å². The van der Waals surface area contributed by atoms with Crippen LogP contribution in [0, 0.1) is 6.92 Å². The Morgan fingerprint density at radius 3 is 2.60 bits per heavy atom. The number of ether oxygens (including phenoxy) is 1. The Bertz CT molecular complexity index is 612. The SMILES string of the molecule is CCOC(=O)C(CC)(CC)c1nc2ccc(C)cc2[nH]1. The highest BCUT2D eigenvalue weighted by Crippen LogP contribution is 2.32. The standard InChI is InChI=1S/C16H22N2O2/c1-5-16(6-2,15(19)20-7-3)14-17-12-9-8-11(4)10-13(12)18-14/h8-10H,5-7H2,1-4H3,(H,17,18). The lowest BCUT2D eigenvalue weighted by molar-refractivity contribution is -0.150. The number of hydrogen-bond acceptors (Lipinski definition) is 3. The monoisotopic (exact) mass is 274 g/mol. The molecule has 4 nitrogen and oxygen atoms in total. The molecule has 0 spiro atoms. The fourth-order valence-corrected chi connectivity index (χ4v) is 2.59. The molecule has 1 aromatic heterocycles. The number of aromatic nitrogens is 2. The van der Waals surface area contributed by atoms with Gasteiger partial charge in [0.1, 0.15) is 11.2 Å². The van der Waals surface area contributed by atoms with Crippen molar-refractivity contribution in [2.75, 3.05) is 6.61 Å². The van der Waals surface area contributed by atoms with E-state index in [1.54, 1.807) is 0 Å². The normalized spacial score (nSPS) is 11.8. The molecular weight excluding hydrogens is 252 g/mol. The molecule has 108 valence electrons. The van der Waals surface area contributed by atoms with Gasteiger partial charge >= 0.3 is 5.97 Å². The van der Waals surface area contributed by atoms with E-state index in [2.05, 4.69) is 9.97 Å². The lowest BCUT2D eigenvalue weighted by Gasteiger charge is -2.26. The average Bonchev–Trinajstić information content (AvgIpc) is 2.84. The van der Waals surface area contributed by atoms with Crippen LogP contribution in [-0.2, 0) is 14.9 Å². The summed E-state index contributed by atoms with van der Waals surface area (Å²) in [7, 11) is 0. The lowest BCUT2D eigenvalue weighted by Crippen LogP contribution is -2.37. The van der Waals surface area contributed by atoms with Crippen LogP contribution in [0.5, 0.6) is 0 Å². The van der Waals surface area contributed by atoms with Crippen molar-refractivity contribution < 1.29 is 9.53 Å². The van der Waals surface area contributed by atoms with Gasteiger partial charge in [-0.25, -0.2) is 4.98 Å². The number of esters is 1.